The molecule has 1 N–H and O–H groups in total. The van der Waals surface area contributed by atoms with Crippen LogP contribution in [0, 0.1) is 0 Å². The molecule has 3 heteroatoms. The molecule has 1 rings (SSSR count). The van der Waals surface area contributed by atoms with Crippen molar-refractivity contribution in [1.29, 1.82) is 0 Å². The first kappa shape index (κ1) is 12.3. The first-order chi connectivity index (χ1) is 6.98. The van der Waals surface area contributed by atoms with Crippen LogP contribution in [0.25, 0.3) is 0 Å². The van der Waals surface area contributed by atoms with Crippen molar-refractivity contribution in [2.45, 2.75) is 31.8 Å². The first-order valence-corrected chi connectivity index (χ1v) is 5.34. The van der Waals surface area contributed by atoms with Gasteiger partial charge < -0.3 is 14.6 Å². The van der Waals surface area contributed by atoms with Gasteiger partial charge in [-0.2, -0.15) is 0 Å². The van der Waals surface area contributed by atoms with E-state index in [4.69, 9.17) is 4.42 Å². The second-order valence-electron chi connectivity index (χ2n) is 4.73. The van der Waals surface area contributed by atoms with E-state index in [-0.39, 0.29) is 5.54 Å². The van der Waals surface area contributed by atoms with Gasteiger partial charge in [0.2, 0.25) is 0 Å². The number of nitrogens with zero attached hydrogens (tertiary/aromatic N) is 1. The van der Waals surface area contributed by atoms with Gasteiger partial charge in [0.1, 0.15) is 0 Å². The average molecular weight is 210 g/mol. The molecule has 86 valence electrons. The summed E-state index contributed by atoms with van der Waals surface area (Å²) in [5.74, 6) is 0. The SMILES string of the molecule is CNC(Cc1ccoc1)C(C)(C)N(C)C. The van der Waals surface area contributed by atoms with Crippen molar-refractivity contribution in [3.8, 4) is 0 Å². The summed E-state index contributed by atoms with van der Waals surface area (Å²) >= 11 is 0. The maximum absolute atomic E-state index is 5.09. The van der Waals surface area contributed by atoms with Crippen molar-refractivity contribution in [3.05, 3.63) is 24.2 Å². The number of rotatable bonds is 5. The lowest BCUT2D eigenvalue weighted by molar-refractivity contribution is 0.141. The summed E-state index contributed by atoms with van der Waals surface area (Å²) < 4.78 is 5.09. The Morgan fingerprint density at radius 1 is 1.47 bits per heavy atom. The highest BCUT2D eigenvalue weighted by Gasteiger charge is 2.30. The Labute approximate surface area is 92.5 Å². The van der Waals surface area contributed by atoms with E-state index in [9.17, 15) is 0 Å². The normalized spacial score (nSPS) is 14.5. The molecule has 0 aliphatic rings. The molecule has 0 radical (unpaired) electrons. The van der Waals surface area contributed by atoms with Gasteiger partial charge in [-0.3, -0.25) is 0 Å². The molecule has 1 heterocycles. The summed E-state index contributed by atoms with van der Waals surface area (Å²) in [6, 6.07) is 2.43. The summed E-state index contributed by atoms with van der Waals surface area (Å²) in [5.41, 5.74) is 1.36. The molecule has 0 fully saturated rings. The summed E-state index contributed by atoms with van der Waals surface area (Å²) in [5, 5.41) is 3.38. The molecule has 0 saturated carbocycles. The lowest BCUT2D eigenvalue weighted by Gasteiger charge is -2.40. The van der Waals surface area contributed by atoms with Gasteiger partial charge in [-0.15, -0.1) is 0 Å². The molecule has 0 aliphatic carbocycles. The lowest BCUT2D eigenvalue weighted by Crippen LogP contribution is -2.55. The van der Waals surface area contributed by atoms with E-state index in [2.05, 4.69) is 38.2 Å². The van der Waals surface area contributed by atoms with Gasteiger partial charge in [-0.25, -0.2) is 0 Å². The maximum Gasteiger partial charge on any atom is 0.0935 e. The fourth-order valence-electron chi connectivity index (χ4n) is 1.66. The zero-order valence-electron chi connectivity index (χ0n) is 10.4. The molecule has 1 unspecified atom stereocenters. The largest absolute Gasteiger partial charge is 0.472 e. The van der Waals surface area contributed by atoms with Gasteiger partial charge in [0, 0.05) is 11.6 Å². The molecule has 0 aliphatic heterocycles. The summed E-state index contributed by atoms with van der Waals surface area (Å²) in [6.45, 7) is 4.49. The average Bonchev–Trinajstić information content (AvgIpc) is 2.65. The standard InChI is InChI=1S/C12H22N2O/c1-12(2,14(4)5)11(13-3)8-10-6-7-15-9-10/h6-7,9,11,13H,8H2,1-5H3. The van der Waals surface area contributed by atoms with E-state index in [1.54, 1.807) is 6.26 Å². The van der Waals surface area contributed by atoms with Gasteiger partial charge in [0.05, 0.1) is 12.5 Å². The van der Waals surface area contributed by atoms with Crippen molar-refractivity contribution in [1.82, 2.24) is 10.2 Å². The van der Waals surface area contributed by atoms with E-state index in [0.29, 0.717) is 6.04 Å². The Morgan fingerprint density at radius 2 is 2.13 bits per heavy atom. The van der Waals surface area contributed by atoms with Gasteiger partial charge in [0.25, 0.3) is 0 Å². The predicted molar refractivity (Wildman–Crippen MR) is 63.0 cm³/mol. The highest BCUT2D eigenvalue weighted by atomic mass is 16.3. The van der Waals surface area contributed by atoms with Crippen LogP contribution in [0.1, 0.15) is 19.4 Å². The number of hydrogen-bond donors (Lipinski definition) is 1. The van der Waals surface area contributed by atoms with Gasteiger partial charge in [0.15, 0.2) is 0 Å². The van der Waals surface area contributed by atoms with Crippen LogP contribution in [-0.4, -0.2) is 37.6 Å². The lowest BCUT2D eigenvalue weighted by atomic mass is 9.89. The number of nitrogens with one attached hydrogen (secondary N) is 1. The highest BCUT2D eigenvalue weighted by molar-refractivity contribution is 5.10. The van der Waals surface area contributed by atoms with E-state index < -0.39 is 0 Å². The zero-order valence-corrected chi connectivity index (χ0v) is 10.4. The van der Waals surface area contributed by atoms with E-state index in [1.807, 2.05) is 19.4 Å². The molecule has 3 nitrogen and oxygen atoms in total. The van der Waals surface area contributed by atoms with Crippen LogP contribution >= 0.6 is 0 Å². The number of likely N-dealkylation sites (N-methyl/N-ethyl adjacent to an activating group) is 2. The molecule has 15 heavy (non-hydrogen) atoms. The summed E-state index contributed by atoms with van der Waals surface area (Å²) in [6.07, 6.45) is 4.53. The van der Waals surface area contributed by atoms with Crippen LogP contribution in [0.2, 0.25) is 0 Å². The molecule has 1 atom stereocenters. The molecule has 0 bridgehead atoms. The van der Waals surface area contributed by atoms with Gasteiger partial charge in [-0.05, 0) is 53.0 Å². The van der Waals surface area contributed by atoms with Crippen molar-refractivity contribution < 1.29 is 4.42 Å². The topological polar surface area (TPSA) is 28.4 Å². The summed E-state index contributed by atoms with van der Waals surface area (Å²) in [7, 11) is 6.23. The van der Waals surface area contributed by atoms with Gasteiger partial charge >= 0.3 is 0 Å². The minimum atomic E-state index is 0.117. The third kappa shape index (κ3) is 2.83. The van der Waals surface area contributed by atoms with Crippen molar-refractivity contribution >= 4 is 0 Å². The Balaban J connectivity index is 2.71. The fourth-order valence-corrected chi connectivity index (χ4v) is 1.66. The second kappa shape index (κ2) is 4.81. The Morgan fingerprint density at radius 3 is 2.53 bits per heavy atom. The van der Waals surface area contributed by atoms with Crippen LogP contribution in [0.15, 0.2) is 23.0 Å². The predicted octanol–water partition coefficient (Wildman–Crippen LogP) is 1.75. The zero-order chi connectivity index (χ0) is 11.5. The molecule has 0 aromatic carbocycles. The number of furan rings is 1. The van der Waals surface area contributed by atoms with E-state index in [0.717, 1.165) is 6.42 Å². The Bertz CT molecular complexity index is 278. The van der Waals surface area contributed by atoms with Crippen molar-refractivity contribution in [2.75, 3.05) is 21.1 Å². The quantitative estimate of drug-likeness (QED) is 0.802. The molecule has 0 saturated heterocycles. The smallest absolute Gasteiger partial charge is 0.0935 e. The highest BCUT2D eigenvalue weighted by Crippen LogP contribution is 2.19. The monoisotopic (exact) mass is 210 g/mol. The van der Waals surface area contributed by atoms with E-state index >= 15 is 0 Å². The van der Waals surface area contributed by atoms with Crippen LogP contribution in [-0.2, 0) is 6.42 Å². The van der Waals surface area contributed by atoms with E-state index in [1.165, 1.54) is 5.56 Å². The van der Waals surface area contributed by atoms with Crippen LogP contribution in [0.5, 0.6) is 0 Å². The first-order valence-electron chi connectivity index (χ1n) is 5.34. The van der Waals surface area contributed by atoms with Crippen LogP contribution in [0.3, 0.4) is 0 Å². The summed E-state index contributed by atoms with van der Waals surface area (Å²) in [4.78, 5) is 2.24. The van der Waals surface area contributed by atoms with Gasteiger partial charge in [-0.1, -0.05) is 0 Å². The minimum absolute atomic E-state index is 0.117. The minimum Gasteiger partial charge on any atom is -0.472 e. The Kier molecular flexibility index (Phi) is 3.94. The Hall–Kier alpha value is -0.800. The molecular weight excluding hydrogens is 188 g/mol. The third-order valence-corrected chi connectivity index (χ3v) is 3.37. The molecule has 0 spiro atoms. The van der Waals surface area contributed by atoms with Crippen LogP contribution < -0.4 is 5.32 Å². The maximum atomic E-state index is 5.09. The van der Waals surface area contributed by atoms with Crippen LogP contribution in [0.4, 0.5) is 0 Å². The molecular formula is C12H22N2O. The number of hydrogen-bond acceptors (Lipinski definition) is 3. The molecule has 1 aromatic heterocycles. The molecule has 0 amide bonds. The third-order valence-electron chi connectivity index (χ3n) is 3.37. The van der Waals surface area contributed by atoms with Crippen molar-refractivity contribution in [3.63, 3.8) is 0 Å². The molecule has 1 aromatic rings. The van der Waals surface area contributed by atoms with Crippen molar-refractivity contribution in [2.24, 2.45) is 0 Å². The fraction of sp³-hybridized carbons (Fsp3) is 0.667. The second-order valence-corrected chi connectivity index (χ2v) is 4.73.